The molecule has 20 heavy (non-hydrogen) atoms. The van der Waals surface area contributed by atoms with Gasteiger partial charge in [-0.15, -0.1) is 13.2 Å². The van der Waals surface area contributed by atoms with Crippen LogP contribution in [0.3, 0.4) is 0 Å². The lowest BCUT2D eigenvalue weighted by molar-refractivity contribution is -0.274. The summed E-state index contributed by atoms with van der Waals surface area (Å²) in [5, 5.41) is 3.09. The zero-order chi connectivity index (χ0) is 14.6. The average molecular weight is 283 g/mol. The number of benzene rings is 1. The predicted octanol–water partition coefficient (Wildman–Crippen LogP) is 3.55. The van der Waals surface area contributed by atoms with Crippen LogP contribution in [0.2, 0.25) is 0 Å². The smallest absolute Gasteiger partial charge is 0.406 e. The minimum absolute atomic E-state index is 0.119. The number of alkyl halides is 3. The minimum atomic E-state index is -4.68. The molecule has 0 aliphatic heterocycles. The summed E-state index contributed by atoms with van der Waals surface area (Å²) in [6.07, 6.45) is -0.00289. The molecule has 106 valence electrons. The second-order valence-corrected chi connectivity index (χ2v) is 4.07. The van der Waals surface area contributed by atoms with Crippen molar-refractivity contribution in [3.05, 3.63) is 48.4 Å². The third-order valence-electron chi connectivity index (χ3n) is 2.54. The van der Waals surface area contributed by atoms with Crippen molar-refractivity contribution >= 4 is 5.82 Å². The van der Waals surface area contributed by atoms with Crippen molar-refractivity contribution in [2.75, 3.05) is 5.32 Å². The quantitative estimate of drug-likeness (QED) is 0.932. The lowest BCUT2D eigenvalue weighted by Crippen LogP contribution is -2.17. The summed E-state index contributed by atoms with van der Waals surface area (Å²) in [5.41, 5.74) is 0.810. The van der Waals surface area contributed by atoms with Gasteiger partial charge in [0.25, 0.3) is 0 Å². The molecular formula is C13H12F3N3O. The third-order valence-corrected chi connectivity index (χ3v) is 2.54. The van der Waals surface area contributed by atoms with Crippen LogP contribution in [0.5, 0.6) is 5.75 Å². The van der Waals surface area contributed by atoms with E-state index in [0.717, 1.165) is 5.56 Å². The highest BCUT2D eigenvalue weighted by molar-refractivity contribution is 5.37. The van der Waals surface area contributed by atoms with Crippen molar-refractivity contribution in [2.45, 2.75) is 19.3 Å². The van der Waals surface area contributed by atoms with Gasteiger partial charge in [0.15, 0.2) is 0 Å². The van der Waals surface area contributed by atoms with E-state index in [0.29, 0.717) is 5.82 Å². The zero-order valence-corrected chi connectivity index (χ0v) is 10.6. The topological polar surface area (TPSA) is 47.0 Å². The van der Waals surface area contributed by atoms with E-state index in [4.69, 9.17) is 0 Å². The fourth-order valence-corrected chi connectivity index (χ4v) is 1.64. The van der Waals surface area contributed by atoms with E-state index in [1.807, 2.05) is 6.92 Å². The van der Waals surface area contributed by atoms with Crippen molar-refractivity contribution in [3.8, 4) is 5.75 Å². The first-order valence-corrected chi connectivity index (χ1v) is 5.82. The van der Waals surface area contributed by atoms with Crippen LogP contribution in [0, 0.1) is 0 Å². The number of nitrogens with one attached hydrogen (secondary N) is 1. The molecule has 0 aliphatic rings. The molecule has 1 N–H and O–H groups in total. The number of ether oxygens (including phenoxy) is 1. The van der Waals surface area contributed by atoms with E-state index >= 15 is 0 Å². The predicted molar refractivity (Wildman–Crippen MR) is 67.2 cm³/mol. The van der Waals surface area contributed by atoms with E-state index in [-0.39, 0.29) is 11.8 Å². The Morgan fingerprint density at radius 2 is 1.85 bits per heavy atom. The Labute approximate surface area is 113 Å². The van der Waals surface area contributed by atoms with Gasteiger partial charge in [-0.3, -0.25) is 4.98 Å². The molecule has 0 spiro atoms. The maximum atomic E-state index is 12.0. The van der Waals surface area contributed by atoms with Crippen molar-refractivity contribution in [3.63, 3.8) is 0 Å². The van der Waals surface area contributed by atoms with Crippen molar-refractivity contribution in [1.29, 1.82) is 0 Å². The molecular weight excluding hydrogens is 271 g/mol. The fraction of sp³-hybridized carbons (Fsp3) is 0.231. The standard InChI is InChI=1S/C13H12F3N3O/c1-9(19-12-8-17-6-7-18-12)10-2-4-11(5-3-10)20-13(14,15)16/h2-9H,1H3,(H,18,19)/t9-/m0/s1. The van der Waals surface area contributed by atoms with Crippen LogP contribution in [0.4, 0.5) is 19.0 Å². The van der Waals surface area contributed by atoms with Gasteiger partial charge in [-0.05, 0) is 24.6 Å². The molecule has 7 heteroatoms. The normalized spacial score (nSPS) is 12.8. The number of nitrogens with zero attached hydrogens (tertiary/aromatic N) is 2. The van der Waals surface area contributed by atoms with Gasteiger partial charge in [0.05, 0.1) is 6.20 Å². The van der Waals surface area contributed by atoms with E-state index in [9.17, 15) is 13.2 Å². The molecule has 0 radical (unpaired) electrons. The van der Waals surface area contributed by atoms with Crippen LogP contribution in [-0.4, -0.2) is 16.3 Å². The highest BCUT2D eigenvalue weighted by Gasteiger charge is 2.30. The van der Waals surface area contributed by atoms with Crippen LogP contribution >= 0.6 is 0 Å². The molecule has 1 atom stereocenters. The Kier molecular flexibility index (Phi) is 4.07. The second kappa shape index (κ2) is 5.77. The Hall–Kier alpha value is -2.31. The van der Waals surface area contributed by atoms with Crippen LogP contribution in [-0.2, 0) is 0 Å². The lowest BCUT2D eigenvalue weighted by atomic mass is 10.1. The molecule has 1 heterocycles. The number of hydrogen-bond donors (Lipinski definition) is 1. The van der Waals surface area contributed by atoms with Crippen LogP contribution in [0.25, 0.3) is 0 Å². The van der Waals surface area contributed by atoms with Gasteiger partial charge < -0.3 is 10.1 Å². The summed E-state index contributed by atoms with van der Waals surface area (Å²) < 4.78 is 39.9. The summed E-state index contributed by atoms with van der Waals surface area (Å²) in [6.45, 7) is 1.87. The van der Waals surface area contributed by atoms with Gasteiger partial charge in [0.1, 0.15) is 11.6 Å². The van der Waals surface area contributed by atoms with E-state index in [1.165, 1.54) is 12.1 Å². The first-order valence-electron chi connectivity index (χ1n) is 5.82. The molecule has 1 aromatic carbocycles. The molecule has 0 unspecified atom stereocenters. The fourth-order valence-electron chi connectivity index (χ4n) is 1.64. The number of rotatable bonds is 4. The first-order chi connectivity index (χ1) is 9.44. The highest BCUT2D eigenvalue weighted by atomic mass is 19.4. The molecule has 0 amide bonds. The van der Waals surface area contributed by atoms with Crippen molar-refractivity contribution < 1.29 is 17.9 Å². The minimum Gasteiger partial charge on any atom is -0.406 e. The average Bonchev–Trinajstić information content (AvgIpc) is 2.39. The second-order valence-electron chi connectivity index (χ2n) is 4.07. The van der Waals surface area contributed by atoms with Gasteiger partial charge in [-0.1, -0.05) is 12.1 Å². The molecule has 1 aromatic heterocycles. The zero-order valence-electron chi connectivity index (χ0n) is 10.6. The summed E-state index contributed by atoms with van der Waals surface area (Å²) in [7, 11) is 0. The van der Waals surface area contributed by atoms with E-state index in [2.05, 4.69) is 20.0 Å². The summed E-state index contributed by atoms with van der Waals surface area (Å²) in [5.74, 6) is 0.351. The molecule has 2 rings (SSSR count). The molecule has 0 aliphatic carbocycles. The number of halogens is 3. The summed E-state index contributed by atoms with van der Waals surface area (Å²) in [4.78, 5) is 7.98. The maximum Gasteiger partial charge on any atom is 0.573 e. The van der Waals surface area contributed by atoms with Gasteiger partial charge in [0, 0.05) is 18.4 Å². The van der Waals surface area contributed by atoms with Crippen LogP contribution < -0.4 is 10.1 Å². The van der Waals surface area contributed by atoms with Crippen molar-refractivity contribution in [2.24, 2.45) is 0 Å². The Balaban J connectivity index is 2.02. The number of hydrogen-bond acceptors (Lipinski definition) is 4. The summed E-state index contributed by atoms with van der Waals surface area (Å²) >= 11 is 0. The molecule has 0 fully saturated rings. The Morgan fingerprint density at radius 1 is 1.15 bits per heavy atom. The van der Waals surface area contributed by atoms with Crippen molar-refractivity contribution in [1.82, 2.24) is 9.97 Å². The maximum absolute atomic E-state index is 12.0. The monoisotopic (exact) mass is 283 g/mol. The van der Waals surface area contributed by atoms with E-state index < -0.39 is 6.36 Å². The highest BCUT2D eigenvalue weighted by Crippen LogP contribution is 2.25. The van der Waals surface area contributed by atoms with Crippen LogP contribution in [0.1, 0.15) is 18.5 Å². The number of aromatic nitrogens is 2. The third kappa shape index (κ3) is 4.11. The van der Waals surface area contributed by atoms with Gasteiger partial charge >= 0.3 is 6.36 Å². The largest absolute Gasteiger partial charge is 0.573 e. The molecule has 0 bridgehead atoms. The molecule has 4 nitrogen and oxygen atoms in total. The van der Waals surface area contributed by atoms with Gasteiger partial charge in [0.2, 0.25) is 0 Å². The number of anilines is 1. The van der Waals surface area contributed by atoms with E-state index in [1.54, 1.807) is 30.7 Å². The van der Waals surface area contributed by atoms with Crippen LogP contribution in [0.15, 0.2) is 42.9 Å². The Bertz CT molecular complexity index is 543. The SMILES string of the molecule is C[C@H](Nc1cnccn1)c1ccc(OC(F)(F)F)cc1. The molecule has 0 saturated carbocycles. The molecule has 0 saturated heterocycles. The lowest BCUT2D eigenvalue weighted by Gasteiger charge is -2.15. The van der Waals surface area contributed by atoms with Gasteiger partial charge in [-0.25, -0.2) is 4.98 Å². The Morgan fingerprint density at radius 3 is 2.40 bits per heavy atom. The molecule has 2 aromatic rings. The summed E-state index contributed by atoms with van der Waals surface area (Å²) in [6, 6.07) is 5.56. The van der Waals surface area contributed by atoms with Gasteiger partial charge in [-0.2, -0.15) is 0 Å². The first kappa shape index (κ1) is 14.1.